The van der Waals surface area contributed by atoms with E-state index in [0.717, 1.165) is 17.7 Å². The number of carbonyl (C=O) groups is 1. The number of thiophene rings is 1. The van der Waals surface area contributed by atoms with Crippen LogP contribution in [0.25, 0.3) is 0 Å². The predicted molar refractivity (Wildman–Crippen MR) is 114 cm³/mol. The van der Waals surface area contributed by atoms with Crippen molar-refractivity contribution in [2.45, 2.75) is 13.0 Å². The van der Waals surface area contributed by atoms with Gasteiger partial charge in [0.25, 0.3) is 5.91 Å². The SMILES string of the molecule is O=C(c1ccc(Oc2ccccc2)cc1)N(CCc1cccs1)Cc1ccoc1. The van der Waals surface area contributed by atoms with Gasteiger partial charge in [0, 0.05) is 29.1 Å². The van der Waals surface area contributed by atoms with E-state index in [4.69, 9.17) is 9.15 Å². The van der Waals surface area contributed by atoms with Gasteiger partial charge in [-0.15, -0.1) is 11.3 Å². The third-order valence-corrected chi connectivity index (χ3v) is 5.47. The molecule has 2 heterocycles. The number of hydrogen-bond acceptors (Lipinski definition) is 4. The maximum absolute atomic E-state index is 13.2. The van der Waals surface area contributed by atoms with Gasteiger partial charge in [-0.3, -0.25) is 4.79 Å². The van der Waals surface area contributed by atoms with Crippen molar-refractivity contribution in [3.63, 3.8) is 0 Å². The molecule has 0 unspecified atom stereocenters. The molecular weight excluding hydrogens is 382 g/mol. The molecule has 146 valence electrons. The Morgan fingerprint density at radius 2 is 1.72 bits per heavy atom. The standard InChI is InChI=1S/C24H21NO3S/c26-24(20-8-10-22(11-9-20)28-21-5-2-1-3-6-21)25(17-19-13-15-27-18-19)14-12-23-7-4-16-29-23/h1-11,13,15-16,18H,12,14,17H2. The van der Waals surface area contributed by atoms with Crippen molar-refractivity contribution in [1.82, 2.24) is 4.90 Å². The lowest BCUT2D eigenvalue weighted by Gasteiger charge is -2.22. The van der Waals surface area contributed by atoms with Gasteiger partial charge in [-0.1, -0.05) is 24.3 Å². The quantitative estimate of drug-likeness (QED) is 0.361. The van der Waals surface area contributed by atoms with E-state index in [1.165, 1.54) is 4.88 Å². The van der Waals surface area contributed by atoms with Crippen molar-refractivity contribution in [3.8, 4) is 11.5 Å². The van der Waals surface area contributed by atoms with Gasteiger partial charge >= 0.3 is 0 Å². The zero-order valence-corrected chi connectivity index (χ0v) is 16.7. The summed E-state index contributed by atoms with van der Waals surface area (Å²) in [6.07, 6.45) is 4.14. The fraction of sp³-hybridized carbons (Fsp3) is 0.125. The van der Waals surface area contributed by atoms with Gasteiger partial charge in [-0.2, -0.15) is 0 Å². The fourth-order valence-electron chi connectivity index (χ4n) is 3.03. The van der Waals surface area contributed by atoms with Crippen LogP contribution in [-0.2, 0) is 13.0 Å². The minimum atomic E-state index is -0.00554. The Bertz CT molecular complexity index is 1010. The molecule has 4 rings (SSSR count). The van der Waals surface area contributed by atoms with Gasteiger partial charge in [0.05, 0.1) is 12.5 Å². The molecule has 0 bridgehead atoms. The maximum Gasteiger partial charge on any atom is 0.254 e. The monoisotopic (exact) mass is 403 g/mol. The van der Waals surface area contributed by atoms with Gasteiger partial charge in [-0.25, -0.2) is 0 Å². The molecule has 29 heavy (non-hydrogen) atoms. The van der Waals surface area contributed by atoms with E-state index in [1.807, 2.05) is 71.6 Å². The van der Waals surface area contributed by atoms with Crippen LogP contribution in [0.1, 0.15) is 20.8 Å². The van der Waals surface area contributed by atoms with Crippen molar-refractivity contribution in [1.29, 1.82) is 0 Å². The Labute approximate surface area is 174 Å². The molecule has 0 fully saturated rings. The summed E-state index contributed by atoms with van der Waals surface area (Å²) < 4.78 is 11.0. The van der Waals surface area contributed by atoms with Gasteiger partial charge < -0.3 is 14.1 Å². The largest absolute Gasteiger partial charge is 0.472 e. The average Bonchev–Trinajstić information content (AvgIpc) is 3.46. The first kappa shape index (κ1) is 19.0. The second kappa shape index (κ2) is 9.26. The van der Waals surface area contributed by atoms with E-state index in [9.17, 15) is 4.79 Å². The highest BCUT2D eigenvalue weighted by atomic mass is 32.1. The van der Waals surface area contributed by atoms with Crippen LogP contribution >= 0.6 is 11.3 Å². The Balaban J connectivity index is 1.46. The van der Waals surface area contributed by atoms with Gasteiger partial charge in [0.15, 0.2) is 0 Å². The number of benzene rings is 2. The summed E-state index contributed by atoms with van der Waals surface area (Å²) in [4.78, 5) is 16.3. The average molecular weight is 404 g/mol. The van der Waals surface area contributed by atoms with E-state index in [1.54, 1.807) is 23.9 Å². The van der Waals surface area contributed by atoms with Crippen molar-refractivity contribution in [2.75, 3.05) is 6.54 Å². The first-order valence-corrected chi connectivity index (χ1v) is 10.3. The molecule has 0 aliphatic rings. The Kier molecular flexibility index (Phi) is 6.07. The summed E-state index contributed by atoms with van der Waals surface area (Å²) in [6.45, 7) is 1.16. The number of para-hydroxylation sites is 1. The highest BCUT2D eigenvalue weighted by Crippen LogP contribution is 2.22. The molecule has 5 heteroatoms. The second-order valence-corrected chi connectivity index (χ2v) is 7.66. The minimum Gasteiger partial charge on any atom is -0.472 e. The molecule has 0 N–H and O–H groups in total. The van der Waals surface area contributed by atoms with Gasteiger partial charge in [-0.05, 0) is 60.3 Å². The summed E-state index contributed by atoms with van der Waals surface area (Å²) in [5, 5.41) is 2.06. The highest BCUT2D eigenvalue weighted by molar-refractivity contribution is 7.09. The van der Waals surface area contributed by atoms with Crippen molar-refractivity contribution >= 4 is 17.2 Å². The Morgan fingerprint density at radius 1 is 0.931 bits per heavy atom. The molecule has 4 nitrogen and oxygen atoms in total. The molecule has 1 amide bonds. The first-order chi connectivity index (χ1) is 14.3. The topological polar surface area (TPSA) is 42.7 Å². The molecule has 0 aliphatic heterocycles. The summed E-state index contributed by atoms with van der Waals surface area (Å²) in [5.74, 6) is 1.46. The van der Waals surface area contributed by atoms with E-state index in [-0.39, 0.29) is 5.91 Å². The molecule has 2 aromatic carbocycles. The van der Waals surface area contributed by atoms with Crippen LogP contribution in [0.4, 0.5) is 0 Å². The smallest absolute Gasteiger partial charge is 0.254 e. The van der Waals surface area contributed by atoms with E-state index in [0.29, 0.717) is 24.4 Å². The summed E-state index contributed by atoms with van der Waals surface area (Å²) >= 11 is 1.71. The normalized spacial score (nSPS) is 10.6. The van der Waals surface area contributed by atoms with E-state index >= 15 is 0 Å². The molecule has 0 aliphatic carbocycles. The first-order valence-electron chi connectivity index (χ1n) is 9.43. The van der Waals surface area contributed by atoms with E-state index < -0.39 is 0 Å². The van der Waals surface area contributed by atoms with Gasteiger partial charge in [0.2, 0.25) is 0 Å². The van der Waals surface area contributed by atoms with Crippen LogP contribution in [0, 0.1) is 0 Å². The summed E-state index contributed by atoms with van der Waals surface area (Å²) in [6, 6.07) is 22.9. The lowest BCUT2D eigenvalue weighted by Crippen LogP contribution is -2.32. The zero-order valence-electron chi connectivity index (χ0n) is 15.9. The van der Waals surface area contributed by atoms with Crippen molar-refractivity contribution in [2.24, 2.45) is 0 Å². The van der Waals surface area contributed by atoms with Crippen molar-refractivity contribution < 1.29 is 13.9 Å². The van der Waals surface area contributed by atoms with Gasteiger partial charge in [0.1, 0.15) is 11.5 Å². The number of rotatable bonds is 8. The molecule has 0 radical (unpaired) electrons. The Hall–Kier alpha value is -3.31. The zero-order chi connectivity index (χ0) is 19.9. The third-order valence-electron chi connectivity index (χ3n) is 4.53. The molecule has 0 saturated carbocycles. The molecule has 4 aromatic rings. The van der Waals surface area contributed by atoms with Crippen LogP contribution in [0.3, 0.4) is 0 Å². The Morgan fingerprint density at radius 3 is 2.41 bits per heavy atom. The van der Waals surface area contributed by atoms with Crippen LogP contribution in [0.15, 0.2) is 95.1 Å². The molecular formula is C24H21NO3S. The van der Waals surface area contributed by atoms with Crippen LogP contribution in [-0.4, -0.2) is 17.4 Å². The number of carbonyl (C=O) groups excluding carboxylic acids is 1. The van der Waals surface area contributed by atoms with Crippen LogP contribution in [0.2, 0.25) is 0 Å². The molecule has 0 spiro atoms. The lowest BCUT2D eigenvalue weighted by molar-refractivity contribution is 0.0745. The third kappa shape index (κ3) is 5.15. The molecule has 0 saturated heterocycles. The van der Waals surface area contributed by atoms with Crippen molar-refractivity contribution in [3.05, 3.63) is 107 Å². The minimum absolute atomic E-state index is 0.00554. The summed E-state index contributed by atoms with van der Waals surface area (Å²) in [7, 11) is 0. The highest BCUT2D eigenvalue weighted by Gasteiger charge is 2.17. The number of nitrogens with zero attached hydrogens (tertiary/aromatic N) is 1. The van der Waals surface area contributed by atoms with Crippen LogP contribution in [0.5, 0.6) is 11.5 Å². The maximum atomic E-state index is 13.2. The molecule has 0 atom stereocenters. The number of amides is 1. The van der Waals surface area contributed by atoms with E-state index in [2.05, 4.69) is 11.4 Å². The van der Waals surface area contributed by atoms with Crippen LogP contribution < -0.4 is 4.74 Å². The predicted octanol–water partition coefficient (Wildman–Crippen LogP) is 6.02. The summed E-state index contributed by atoms with van der Waals surface area (Å²) in [5.41, 5.74) is 1.62. The number of hydrogen-bond donors (Lipinski definition) is 0. The number of furan rings is 1. The molecule has 2 aromatic heterocycles. The second-order valence-electron chi connectivity index (χ2n) is 6.63. The fourth-order valence-corrected chi connectivity index (χ4v) is 3.73. The lowest BCUT2D eigenvalue weighted by atomic mass is 10.1. The number of ether oxygens (including phenoxy) is 1.